The summed E-state index contributed by atoms with van der Waals surface area (Å²) in [5.41, 5.74) is 0.0677. The predicted octanol–water partition coefficient (Wildman–Crippen LogP) is 7.64. The molecule has 4 aromatic rings. The zero-order chi connectivity index (χ0) is 27.0. The van der Waals surface area contributed by atoms with E-state index in [0.29, 0.717) is 42.0 Å². The molecule has 0 amide bonds. The predicted molar refractivity (Wildman–Crippen MR) is 149 cm³/mol. The van der Waals surface area contributed by atoms with Crippen LogP contribution in [0.2, 0.25) is 0 Å². The molecule has 0 heterocycles. The van der Waals surface area contributed by atoms with Gasteiger partial charge in [-0.25, -0.2) is 4.79 Å². The summed E-state index contributed by atoms with van der Waals surface area (Å²) >= 11 is 0. The number of carbonyl (C=O) groups is 1. The Morgan fingerprint density at radius 2 is 1.16 bits per heavy atom. The van der Waals surface area contributed by atoms with Crippen molar-refractivity contribution < 1.29 is 28.3 Å². The van der Waals surface area contributed by atoms with Crippen LogP contribution in [-0.2, 0) is 4.18 Å². The maximum Gasteiger partial charge on any atom is 0.353 e. The lowest BCUT2D eigenvalue weighted by Crippen LogP contribution is -2.16. The van der Waals surface area contributed by atoms with E-state index < -0.39 is 16.3 Å². The fourth-order valence-corrected chi connectivity index (χ4v) is 7.37. The zero-order valence-corrected chi connectivity index (χ0v) is 22.6. The van der Waals surface area contributed by atoms with Gasteiger partial charge in [0.05, 0.1) is 19.8 Å². The van der Waals surface area contributed by atoms with Crippen molar-refractivity contribution in [1.29, 1.82) is 0 Å². The highest BCUT2D eigenvalue weighted by atomic mass is 32.3. The van der Waals surface area contributed by atoms with Crippen LogP contribution < -0.4 is 14.2 Å². The van der Waals surface area contributed by atoms with Gasteiger partial charge in [0.15, 0.2) is 0 Å². The Morgan fingerprint density at radius 3 is 1.63 bits per heavy atom. The Bertz CT molecular complexity index is 1290. The number of benzene rings is 4. The van der Waals surface area contributed by atoms with Gasteiger partial charge in [-0.05, 0) is 57.2 Å². The number of ether oxygens (including phenoxy) is 3. The summed E-state index contributed by atoms with van der Waals surface area (Å²) in [6.45, 7) is 6.92. The minimum atomic E-state index is -2.80. The molecule has 7 heteroatoms. The van der Waals surface area contributed by atoms with Gasteiger partial charge < -0.3 is 23.5 Å². The van der Waals surface area contributed by atoms with E-state index in [0.717, 1.165) is 9.79 Å². The molecule has 0 spiro atoms. The smallest absolute Gasteiger partial charge is 0.353 e. The van der Waals surface area contributed by atoms with Gasteiger partial charge in [-0.15, -0.1) is 0 Å². The number of phenols is 1. The number of hydrogen-bond donors (Lipinski definition) is 1. The van der Waals surface area contributed by atoms with E-state index in [1.807, 2.05) is 93.6 Å². The molecule has 4 rings (SSSR count). The number of phenolic OH excluding ortho intramolecular Hbond substituents is 1. The molecule has 0 fully saturated rings. The Kier molecular flexibility index (Phi) is 8.81. The van der Waals surface area contributed by atoms with Crippen molar-refractivity contribution in [2.45, 2.75) is 35.5 Å². The molecule has 0 bridgehead atoms. The molecule has 0 atom stereocenters. The van der Waals surface area contributed by atoms with E-state index in [4.69, 9.17) is 18.4 Å². The first-order valence-electron chi connectivity index (χ1n) is 12.6. The number of hydrogen-bond acceptors (Lipinski definition) is 6. The molecule has 0 aliphatic heterocycles. The Labute approximate surface area is 225 Å². The average Bonchev–Trinajstić information content (AvgIpc) is 2.94. The van der Waals surface area contributed by atoms with Crippen molar-refractivity contribution in [2.75, 3.05) is 19.8 Å². The summed E-state index contributed by atoms with van der Waals surface area (Å²) in [5.74, 6) is 0.757. The molecular weight excluding hydrogens is 500 g/mol. The van der Waals surface area contributed by atoms with Crippen LogP contribution in [0.15, 0.2) is 112 Å². The van der Waals surface area contributed by atoms with Crippen LogP contribution in [0.25, 0.3) is 0 Å². The second-order valence-corrected chi connectivity index (χ2v) is 10.7. The van der Waals surface area contributed by atoms with Crippen LogP contribution in [0.1, 0.15) is 31.1 Å². The van der Waals surface area contributed by atoms with Gasteiger partial charge in [-0.1, -0.05) is 48.5 Å². The van der Waals surface area contributed by atoms with Crippen molar-refractivity contribution in [3.63, 3.8) is 0 Å². The van der Waals surface area contributed by atoms with Gasteiger partial charge in [0.2, 0.25) is 0 Å². The topological polar surface area (TPSA) is 74.2 Å². The van der Waals surface area contributed by atoms with Crippen LogP contribution in [0, 0.1) is 0 Å². The third-order valence-electron chi connectivity index (χ3n) is 5.67. The van der Waals surface area contributed by atoms with Crippen LogP contribution in [0.5, 0.6) is 23.0 Å². The van der Waals surface area contributed by atoms with Crippen LogP contribution in [0.4, 0.5) is 0 Å². The first-order valence-corrected chi connectivity index (χ1v) is 14.1. The molecule has 4 aromatic carbocycles. The van der Waals surface area contributed by atoms with Crippen molar-refractivity contribution in [1.82, 2.24) is 0 Å². The number of aromatic hydroxyl groups is 1. The molecule has 0 radical (unpaired) electrons. The Morgan fingerprint density at radius 1 is 0.684 bits per heavy atom. The summed E-state index contributed by atoms with van der Waals surface area (Å²) in [4.78, 5) is 16.0. The summed E-state index contributed by atoms with van der Waals surface area (Å²) in [6.07, 6.45) is 0. The molecule has 0 aliphatic rings. The van der Waals surface area contributed by atoms with Gasteiger partial charge in [0.25, 0.3) is 0 Å². The minimum Gasteiger partial charge on any atom is -0.507 e. The molecule has 0 unspecified atom stereocenters. The third kappa shape index (κ3) is 5.43. The first kappa shape index (κ1) is 26.9. The van der Waals surface area contributed by atoms with E-state index in [1.54, 1.807) is 18.2 Å². The minimum absolute atomic E-state index is 0.0677. The summed E-state index contributed by atoms with van der Waals surface area (Å²) in [6, 6.07) is 29.2. The first-order chi connectivity index (χ1) is 18.5. The number of carbonyl (C=O) groups excluding carboxylic acids is 1. The fourth-order valence-electron chi connectivity index (χ4n) is 4.15. The zero-order valence-electron chi connectivity index (χ0n) is 21.8. The molecule has 1 N–H and O–H groups in total. The van der Waals surface area contributed by atoms with E-state index >= 15 is 0 Å². The Hall–Kier alpha value is -4.10. The maximum atomic E-state index is 13.8. The maximum absolute atomic E-state index is 13.8. The van der Waals surface area contributed by atoms with Gasteiger partial charge >= 0.3 is 5.97 Å². The lowest BCUT2D eigenvalue weighted by molar-refractivity contribution is 0.0754. The Balaban J connectivity index is 2.11. The second kappa shape index (κ2) is 12.4. The van der Waals surface area contributed by atoms with Crippen LogP contribution in [0.3, 0.4) is 0 Å². The van der Waals surface area contributed by atoms with Gasteiger partial charge in [-0.2, -0.15) is 0 Å². The number of rotatable bonds is 11. The highest BCUT2D eigenvalue weighted by molar-refractivity contribution is 8.30. The average molecular weight is 533 g/mol. The number of para-hydroxylation sites is 1. The van der Waals surface area contributed by atoms with Crippen molar-refractivity contribution in [3.05, 3.63) is 103 Å². The molecule has 38 heavy (non-hydrogen) atoms. The normalized spacial score (nSPS) is 11.4. The van der Waals surface area contributed by atoms with E-state index in [2.05, 4.69) is 0 Å². The van der Waals surface area contributed by atoms with E-state index in [9.17, 15) is 9.90 Å². The standard InChI is InChI=1S/C31H32O6S/c1-4-34-23-21-28(35-5-2)30(29(22-23)36-6-3)38(24-15-9-7-10-16-24,25-17-11-8-12-18-25)37-31(33)26-19-13-14-20-27(26)32/h7-22,32H,4-6H2,1-3H3. The van der Waals surface area contributed by atoms with Crippen molar-refractivity contribution >= 4 is 16.3 Å². The lowest BCUT2D eigenvalue weighted by Gasteiger charge is -2.41. The van der Waals surface area contributed by atoms with Gasteiger partial charge in [0.1, 0.15) is 33.5 Å². The molecule has 198 valence electrons. The molecule has 0 saturated heterocycles. The van der Waals surface area contributed by atoms with E-state index in [1.165, 1.54) is 6.07 Å². The van der Waals surface area contributed by atoms with Crippen molar-refractivity contribution in [2.24, 2.45) is 0 Å². The quantitative estimate of drug-likeness (QED) is 0.214. The van der Waals surface area contributed by atoms with Gasteiger partial charge in [0, 0.05) is 32.2 Å². The van der Waals surface area contributed by atoms with Crippen LogP contribution in [-0.4, -0.2) is 30.9 Å². The molecule has 6 nitrogen and oxygen atoms in total. The molecule has 0 aromatic heterocycles. The monoisotopic (exact) mass is 532 g/mol. The SMILES string of the molecule is CCOc1cc(OCC)c(S(OC(=O)c2ccccc2O)(c2ccccc2)c2ccccc2)c(OCC)c1. The summed E-state index contributed by atoms with van der Waals surface area (Å²) in [5, 5.41) is 10.5. The molecular formula is C31H32O6S. The third-order valence-corrected chi connectivity index (χ3v) is 8.92. The van der Waals surface area contributed by atoms with Gasteiger partial charge in [-0.3, -0.25) is 0 Å². The van der Waals surface area contributed by atoms with Crippen molar-refractivity contribution in [3.8, 4) is 23.0 Å². The summed E-state index contributed by atoms with van der Waals surface area (Å²) < 4.78 is 24.8. The second-order valence-electron chi connectivity index (χ2n) is 8.12. The van der Waals surface area contributed by atoms with E-state index in [-0.39, 0.29) is 11.3 Å². The summed E-state index contributed by atoms with van der Waals surface area (Å²) in [7, 11) is -2.80. The fraction of sp³-hybridized carbons (Fsp3) is 0.194. The lowest BCUT2D eigenvalue weighted by atomic mass is 10.2. The highest BCUT2D eigenvalue weighted by Crippen LogP contribution is 2.74. The molecule has 0 saturated carbocycles. The van der Waals surface area contributed by atoms with Crippen LogP contribution >= 0.6 is 10.3 Å². The molecule has 0 aliphatic carbocycles. The largest absolute Gasteiger partial charge is 0.507 e. The highest BCUT2D eigenvalue weighted by Gasteiger charge is 2.42.